The lowest BCUT2D eigenvalue weighted by molar-refractivity contribution is 0.263. The number of aromatic hydroxyl groups is 2. The van der Waals surface area contributed by atoms with Crippen molar-refractivity contribution in [3.05, 3.63) is 57.6 Å². The lowest BCUT2D eigenvalue weighted by Crippen LogP contribution is -1.99. The van der Waals surface area contributed by atoms with Crippen LogP contribution in [0, 0.1) is 0 Å². The average Bonchev–Trinajstić information content (AvgIpc) is 2.73. The Morgan fingerprint density at radius 3 is 0.926 bits per heavy atom. The summed E-state index contributed by atoms with van der Waals surface area (Å²) >= 11 is 0. The maximum atomic E-state index is 9.86. The molecule has 0 radical (unpaired) electrons. The number of hydrogen-bond acceptors (Lipinski definition) is 6. The number of aliphatic hydroxyl groups is 4. The van der Waals surface area contributed by atoms with Crippen LogP contribution in [0.2, 0.25) is 0 Å². The summed E-state index contributed by atoms with van der Waals surface area (Å²) in [5, 5.41) is 56.9. The highest BCUT2D eigenvalue weighted by Crippen LogP contribution is 2.29. The molecule has 0 aliphatic rings. The Balaban J connectivity index is 0.00000158. The summed E-state index contributed by atoms with van der Waals surface area (Å²) in [5.74, 6) is -0.256. The molecule has 0 atom stereocenters. The molecular formula is C21H32O6. The predicted octanol–water partition coefficient (Wildman–Crippen LogP) is 2.71. The molecule has 0 aromatic heterocycles. The summed E-state index contributed by atoms with van der Waals surface area (Å²) in [5.41, 5.74) is 2.75. The van der Waals surface area contributed by atoms with Gasteiger partial charge in [0.2, 0.25) is 0 Å². The minimum atomic E-state index is -0.355. The molecule has 0 aliphatic carbocycles. The molecule has 0 bridgehead atoms. The van der Waals surface area contributed by atoms with Crippen molar-refractivity contribution in [3.8, 4) is 11.5 Å². The summed E-state index contributed by atoms with van der Waals surface area (Å²) in [6.45, 7) is 6.58. The van der Waals surface area contributed by atoms with E-state index in [0.717, 1.165) is 11.1 Å². The Bertz CT molecular complexity index is 588. The molecule has 0 heterocycles. The average molecular weight is 380 g/mol. The normalized spacial score (nSPS) is 9.78. The molecular weight excluding hydrogens is 348 g/mol. The molecule has 0 saturated carbocycles. The van der Waals surface area contributed by atoms with E-state index in [4.69, 9.17) is 0 Å². The number of rotatable bonds is 6. The number of hydrogen-bond donors (Lipinski definition) is 6. The van der Waals surface area contributed by atoms with E-state index in [0.29, 0.717) is 28.7 Å². The fourth-order valence-electron chi connectivity index (χ4n) is 2.59. The SMILES string of the molecule is CC.CC.OCc1cc(Cc2cc(CO)c(O)c(CO)c2)cc(CO)c1O. The molecule has 6 N–H and O–H groups in total. The Hall–Kier alpha value is -2.12. The lowest BCUT2D eigenvalue weighted by Gasteiger charge is -2.13. The largest absolute Gasteiger partial charge is 0.507 e. The number of phenols is 2. The van der Waals surface area contributed by atoms with E-state index >= 15 is 0 Å². The summed E-state index contributed by atoms with van der Waals surface area (Å²) in [6.07, 6.45) is 0.389. The number of aliphatic hydroxyl groups excluding tert-OH is 4. The maximum absolute atomic E-state index is 9.86. The second-order valence-corrected chi connectivity index (χ2v) is 5.33. The quantitative estimate of drug-likeness (QED) is 0.458. The van der Waals surface area contributed by atoms with Gasteiger partial charge >= 0.3 is 0 Å². The summed E-state index contributed by atoms with van der Waals surface area (Å²) in [7, 11) is 0. The van der Waals surface area contributed by atoms with Crippen molar-refractivity contribution in [1.29, 1.82) is 0 Å². The highest BCUT2D eigenvalue weighted by Gasteiger charge is 2.12. The third-order valence-corrected chi connectivity index (χ3v) is 3.74. The van der Waals surface area contributed by atoms with E-state index < -0.39 is 0 Å². The van der Waals surface area contributed by atoms with Crippen LogP contribution in [-0.2, 0) is 32.8 Å². The molecule has 2 aromatic rings. The van der Waals surface area contributed by atoms with Gasteiger partial charge < -0.3 is 30.6 Å². The first-order valence-electron chi connectivity index (χ1n) is 9.14. The van der Waals surface area contributed by atoms with E-state index in [2.05, 4.69) is 0 Å². The highest BCUT2D eigenvalue weighted by atomic mass is 16.3. The van der Waals surface area contributed by atoms with Gasteiger partial charge in [0.25, 0.3) is 0 Å². The minimum Gasteiger partial charge on any atom is -0.507 e. The Morgan fingerprint density at radius 1 is 0.519 bits per heavy atom. The van der Waals surface area contributed by atoms with Crippen LogP contribution in [0.1, 0.15) is 61.1 Å². The zero-order valence-electron chi connectivity index (χ0n) is 16.5. The summed E-state index contributed by atoms with van der Waals surface area (Å²) in [6, 6.07) is 6.49. The molecule has 6 heteroatoms. The minimum absolute atomic E-state index is 0.128. The molecule has 0 saturated heterocycles. The van der Waals surface area contributed by atoms with Crippen molar-refractivity contribution in [3.63, 3.8) is 0 Å². The first kappa shape index (κ1) is 24.9. The zero-order valence-corrected chi connectivity index (χ0v) is 16.5. The molecule has 0 amide bonds. The van der Waals surface area contributed by atoms with Crippen molar-refractivity contribution in [2.24, 2.45) is 0 Å². The van der Waals surface area contributed by atoms with Crippen molar-refractivity contribution in [2.45, 2.75) is 60.5 Å². The topological polar surface area (TPSA) is 121 Å². The van der Waals surface area contributed by atoms with E-state index in [9.17, 15) is 30.6 Å². The van der Waals surface area contributed by atoms with Gasteiger partial charge in [-0.25, -0.2) is 0 Å². The Kier molecular flexibility index (Phi) is 12.1. The molecule has 6 nitrogen and oxygen atoms in total. The van der Waals surface area contributed by atoms with Crippen molar-refractivity contribution in [2.75, 3.05) is 0 Å². The molecule has 27 heavy (non-hydrogen) atoms. The molecule has 0 aliphatic heterocycles. The second-order valence-electron chi connectivity index (χ2n) is 5.33. The standard InChI is InChI=1S/C17H20O6.2C2H6/c18-6-12-2-10(3-13(7-19)16(12)22)1-11-4-14(8-20)17(23)15(5-11)9-21;2*1-2/h2-5,18-23H,1,6-9H2;2*1-2H3. The summed E-state index contributed by atoms with van der Waals surface area (Å²) in [4.78, 5) is 0. The van der Waals surface area contributed by atoms with Crippen molar-refractivity contribution < 1.29 is 30.6 Å². The molecule has 0 fully saturated rings. The van der Waals surface area contributed by atoms with Gasteiger partial charge in [-0.05, 0) is 41.8 Å². The number of benzene rings is 2. The highest BCUT2D eigenvalue weighted by molar-refractivity contribution is 5.47. The van der Waals surface area contributed by atoms with Crippen LogP contribution in [0.4, 0.5) is 0 Å². The van der Waals surface area contributed by atoms with Crippen molar-refractivity contribution >= 4 is 0 Å². The van der Waals surface area contributed by atoms with Gasteiger partial charge in [0.05, 0.1) is 26.4 Å². The van der Waals surface area contributed by atoms with Crippen LogP contribution in [0.15, 0.2) is 24.3 Å². The summed E-state index contributed by atoms with van der Waals surface area (Å²) < 4.78 is 0. The third-order valence-electron chi connectivity index (χ3n) is 3.74. The fourth-order valence-corrected chi connectivity index (χ4v) is 2.59. The van der Waals surface area contributed by atoms with Gasteiger partial charge in [-0.1, -0.05) is 27.7 Å². The van der Waals surface area contributed by atoms with Crippen molar-refractivity contribution in [1.82, 2.24) is 0 Å². The first-order valence-corrected chi connectivity index (χ1v) is 9.14. The van der Waals surface area contributed by atoms with Gasteiger partial charge in [-0.15, -0.1) is 0 Å². The molecule has 0 spiro atoms. The Morgan fingerprint density at radius 2 is 0.741 bits per heavy atom. The second kappa shape index (κ2) is 13.1. The molecule has 152 valence electrons. The predicted molar refractivity (Wildman–Crippen MR) is 105 cm³/mol. The van der Waals surface area contributed by atoms with E-state index in [-0.39, 0.29) is 37.9 Å². The zero-order chi connectivity index (χ0) is 21.0. The van der Waals surface area contributed by atoms with Gasteiger partial charge in [0.15, 0.2) is 0 Å². The van der Waals surface area contributed by atoms with Crippen LogP contribution in [0.25, 0.3) is 0 Å². The van der Waals surface area contributed by atoms with E-state index in [1.807, 2.05) is 27.7 Å². The molecule has 0 unspecified atom stereocenters. The molecule has 2 aromatic carbocycles. The van der Waals surface area contributed by atoms with Gasteiger partial charge in [-0.2, -0.15) is 0 Å². The smallest absolute Gasteiger partial charge is 0.126 e. The lowest BCUT2D eigenvalue weighted by atomic mass is 9.96. The van der Waals surface area contributed by atoms with Gasteiger partial charge in [0.1, 0.15) is 11.5 Å². The molecule has 2 rings (SSSR count). The maximum Gasteiger partial charge on any atom is 0.126 e. The third kappa shape index (κ3) is 6.52. The van der Waals surface area contributed by atoms with E-state index in [1.54, 1.807) is 24.3 Å². The van der Waals surface area contributed by atoms with Crippen LogP contribution < -0.4 is 0 Å². The Labute approximate surface area is 161 Å². The van der Waals surface area contributed by atoms with Gasteiger partial charge in [0, 0.05) is 22.3 Å². The van der Waals surface area contributed by atoms with Crippen LogP contribution in [0.5, 0.6) is 11.5 Å². The first-order chi connectivity index (χ1) is 13.0. The van der Waals surface area contributed by atoms with E-state index in [1.165, 1.54) is 0 Å². The van der Waals surface area contributed by atoms with Gasteiger partial charge in [-0.3, -0.25) is 0 Å². The van der Waals surface area contributed by atoms with Crippen LogP contribution >= 0.6 is 0 Å². The monoisotopic (exact) mass is 380 g/mol. The fraction of sp³-hybridized carbons (Fsp3) is 0.429. The van der Waals surface area contributed by atoms with Crippen LogP contribution in [-0.4, -0.2) is 30.6 Å². The van der Waals surface area contributed by atoms with Crippen LogP contribution in [0.3, 0.4) is 0 Å².